The maximum atomic E-state index is 12.6. The van der Waals surface area contributed by atoms with Gasteiger partial charge in [0.25, 0.3) is 5.91 Å². The summed E-state index contributed by atoms with van der Waals surface area (Å²) < 4.78 is 37.9. The monoisotopic (exact) mass is 391 g/mol. The fourth-order valence-electron chi connectivity index (χ4n) is 3.09. The number of hydrogen-bond donors (Lipinski definition) is 1. The second-order valence-electron chi connectivity index (χ2n) is 6.86. The first-order valence-electron chi connectivity index (χ1n) is 8.72. The Bertz CT molecular complexity index is 893. The Morgan fingerprint density at radius 3 is 2.32 bits per heavy atom. The summed E-state index contributed by atoms with van der Waals surface area (Å²) in [5, 5.41) is 2.70. The lowest BCUT2D eigenvalue weighted by Gasteiger charge is -2.31. The third kappa shape index (κ3) is 4.27. The van der Waals surface area contributed by atoms with E-state index in [-0.39, 0.29) is 11.6 Å². The van der Waals surface area contributed by atoms with Crippen LogP contribution in [0.4, 0.5) is 23.7 Å². The predicted molar refractivity (Wildman–Crippen MR) is 99.0 cm³/mol. The molecule has 1 heterocycles. The highest BCUT2D eigenvalue weighted by molar-refractivity contribution is 6.04. The normalized spacial score (nSPS) is 13.7. The first-order valence-corrected chi connectivity index (χ1v) is 8.72. The largest absolute Gasteiger partial charge is 0.416 e. The standard InChI is InChI=1S/C20H20F3N3O2/c1-25(2)19(28)26-10-9-13-5-8-17(11-15(13)12-26)24-18(27)14-3-6-16(7-4-14)20(21,22)23/h3-8,11H,9-10,12H2,1-2H3,(H,24,27). The summed E-state index contributed by atoms with van der Waals surface area (Å²) in [7, 11) is 3.39. The van der Waals surface area contributed by atoms with E-state index in [0.29, 0.717) is 18.8 Å². The van der Waals surface area contributed by atoms with E-state index >= 15 is 0 Å². The third-order valence-electron chi connectivity index (χ3n) is 4.60. The maximum Gasteiger partial charge on any atom is 0.416 e. The van der Waals surface area contributed by atoms with Crippen molar-refractivity contribution in [2.75, 3.05) is 26.0 Å². The van der Waals surface area contributed by atoms with Crippen molar-refractivity contribution in [3.8, 4) is 0 Å². The van der Waals surface area contributed by atoms with E-state index in [1.807, 2.05) is 6.07 Å². The van der Waals surface area contributed by atoms with Crippen LogP contribution in [-0.4, -0.2) is 42.4 Å². The molecule has 2 aromatic rings. The van der Waals surface area contributed by atoms with Crippen LogP contribution in [0.3, 0.4) is 0 Å². The highest BCUT2D eigenvalue weighted by atomic mass is 19.4. The van der Waals surface area contributed by atoms with E-state index in [9.17, 15) is 22.8 Å². The number of nitrogens with one attached hydrogen (secondary N) is 1. The SMILES string of the molecule is CN(C)C(=O)N1CCc2ccc(NC(=O)c3ccc(C(F)(F)F)cc3)cc2C1. The predicted octanol–water partition coefficient (Wildman–Crippen LogP) is 4.00. The summed E-state index contributed by atoms with van der Waals surface area (Å²) in [5.41, 5.74) is 1.91. The summed E-state index contributed by atoms with van der Waals surface area (Å²) in [6.45, 7) is 1.07. The van der Waals surface area contributed by atoms with Crippen molar-refractivity contribution in [3.63, 3.8) is 0 Å². The lowest BCUT2D eigenvalue weighted by Crippen LogP contribution is -2.42. The van der Waals surface area contributed by atoms with Gasteiger partial charge in [0.15, 0.2) is 0 Å². The molecule has 0 unspecified atom stereocenters. The quantitative estimate of drug-likeness (QED) is 0.842. The first-order chi connectivity index (χ1) is 13.1. The minimum atomic E-state index is -4.44. The van der Waals surface area contributed by atoms with Crippen molar-refractivity contribution in [1.29, 1.82) is 0 Å². The molecule has 8 heteroatoms. The fourth-order valence-corrected chi connectivity index (χ4v) is 3.09. The number of hydrogen-bond acceptors (Lipinski definition) is 2. The molecule has 3 rings (SSSR count). The highest BCUT2D eigenvalue weighted by Crippen LogP contribution is 2.29. The van der Waals surface area contributed by atoms with Gasteiger partial charge in [0, 0.05) is 38.4 Å². The third-order valence-corrected chi connectivity index (χ3v) is 4.60. The zero-order valence-corrected chi connectivity index (χ0v) is 15.5. The molecule has 2 aromatic carbocycles. The summed E-state index contributed by atoms with van der Waals surface area (Å²) in [6, 6.07) is 9.43. The number of carbonyl (C=O) groups excluding carboxylic acids is 2. The van der Waals surface area contributed by atoms with Gasteiger partial charge in [-0.2, -0.15) is 13.2 Å². The summed E-state index contributed by atoms with van der Waals surface area (Å²) in [6.07, 6.45) is -3.72. The van der Waals surface area contributed by atoms with E-state index < -0.39 is 17.6 Å². The van der Waals surface area contributed by atoms with Gasteiger partial charge >= 0.3 is 12.2 Å². The molecule has 0 bridgehead atoms. The Morgan fingerprint density at radius 2 is 1.71 bits per heavy atom. The number of rotatable bonds is 2. The van der Waals surface area contributed by atoms with Gasteiger partial charge in [0.05, 0.1) is 5.56 Å². The molecule has 1 N–H and O–H groups in total. The maximum absolute atomic E-state index is 12.6. The Hall–Kier alpha value is -3.03. The van der Waals surface area contributed by atoms with Crippen LogP contribution in [-0.2, 0) is 19.1 Å². The van der Waals surface area contributed by atoms with Crippen molar-refractivity contribution in [1.82, 2.24) is 9.80 Å². The summed E-state index contributed by atoms with van der Waals surface area (Å²) in [4.78, 5) is 27.7. The summed E-state index contributed by atoms with van der Waals surface area (Å²) >= 11 is 0. The lowest BCUT2D eigenvalue weighted by molar-refractivity contribution is -0.137. The van der Waals surface area contributed by atoms with Crippen molar-refractivity contribution in [2.45, 2.75) is 19.1 Å². The van der Waals surface area contributed by atoms with Crippen LogP contribution < -0.4 is 5.32 Å². The van der Waals surface area contributed by atoms with Crippen molar-refractivity contribution in [3.05, 3.63) is 64.7 Å². The molecule has 1 aliphatic rings. The molecule has 0 radical (unpaired) electrons. The molecule has 0 aromatic heterocycles. The Morgan fingerprint density at radius 1 is 1.04 bits per heavy atom. The molecule has 0 saturated heterocycles. The minimum absolute atomic E-state index is 0.0788. The molecular weight excluding hydrogens is 371 g/mol. The number of alkyl halides is 3. The number of urea groups is 1. The van der Waals surface area contributed by atoms with Crippen LogP contribution >= 0.6 is 0 Å². The van der Waals surface area contributed by atoms with Gasteiger partial charge in [-0.05, 0) is 53.9 Å². The van der Waals surface area contributed by atoms with Gasteiger partial charge in [-0.1, -0.05) is 6.07 Å². The zero-order chi connectivity index (χ0) is 20.5. The van der Waals surface area contributed by atoms with Gasteiger partial charge in [-0.15, -0.1) is 0 Å². The molecule has 28 heavy (non-hydrogen) atoms. The molecule has 0 spiro atoms. The lowest BCUT2D eigenvalue weighted by atomic mass is 9.99. The smallest absolute Gasteiger partial charge is 0.331 e. The second-order valence-corrected chi connectivity index (χ2v) is 6.86. The van der Waals surface area contributed by atoms with Crippen LogP contribution in [0.5, 0.6) is 0 Å². The number of halogens is 3. The van der Waals surface area contributed by atoms with Gasteiger partial charge in [-0.25, -0.2) is 4.79 Å². The van der Waals surface area contributed by atoms with Crippen LogP contribution in [0.15, 0.2) is 42.5 Å². The van der Waals surface area contributed by atoms with E-state index in [1.165, 1.54) is 4.90 Å². The Kier molecular flexibility index (Phi) is 5.31. The van der Waals surface area contributed by atoms with E-state index in [4.69, 9.17) is 0 Å². The van der Waals surface area contributed by atoms with E-state index in [1.54, 1.807) is 31.1 Å². The van der Waals surface area contributed by atoms with Gasteiger partial charge in [-0.3, -0.25) is 4.79 Å². The average molecular weight is 391 g/mol. The number of fused-ring (bicyclic) bond motifs is 1. The molecule has 0 saturated carbocycles. The summed E-state index contributed by atoms with van der Waals surface area (Å²) in [5.74, 6) is -0.495. The topological polar surface area (TPSA) is 52.7 Å². The van der Waals surface area contributed by atoms with Crippen molar-refractivity contribution < 1.29 is 22.8 Å². The van der Waals surface area contributed by atoms with E-state index in [2.05, 4.69) is 5.32 Å². The van der Waals surface area contributed by atoms with Crippen LogP contribution in [0.2, 0.25) is 0 Å². The number of anilines is 1. The molecule has 0 aliphatic carbocycles. The molecule has 0 fully saturated rings. The minimum Gasteiger partial charge on any atom is -0.331 e. The van der Waals surface area contributed by atoms with E-state index in [0.717, 1.165) is 41.8 Å². The molecule has 5 nitrogen and oxygen atoms in total. The molecule has 3 amide bonds. The second kappa shape index (κ2) is 7.53. The molecule has 1 aliphatic heterocycles. The number of benzene rings is 2. The van der Waals surface area contributed by atoms with Gasteiger partial charge < -0.3 is 15.1 Å². The van der Waals surface area contributed by atoms with Crippen molar-refractivity contribution >= 4 is 17.6 Å². The van der Waals surface area contributed by atoms with Crippen LogP contribution in [0.25, 0.3) is 0 Å². The fraction of sp³-hybridized carbons (Fsp3) is 0.300. The number of amides is 3. The van der Waals surface area contributed by atoms with Crippen molar-refractivity contribution in [2.24, 2.45) is 0 Å². The Balaban J connectivity index is 1.73. The molecule has 0 atom stereocenters. The zero-order valence-electron chi connectivity index (χ0n) is 15.5. The highest BCUT2D eigenvalue weighted by Gasteiger charge is 2.30. The number of carbonyl (C=O) groups is 2. The van der Waals surface area contributed by atoms with Gasteiger partial charge in [0.1, 0.15) is 0 Å². The van der Waals surface area contributed by atoms with Crippen LogP contribution in [0, 0.1) is 0 Å². The first kappa shape index (κ1) is 19.7. The van der Waals surface area contributed by atoms with Crippen LogP contribution in [0.1, 0.15) is 27.0 Å². The van der Waals surface area contributed by atoms with Gasteiger partial charge in [0.2, 0.25) is 0 Å². The Labute approximate surface area is 160 Å². The molecular formula is C20H20F3N3O2. The number of nitrogens with zero attached hydrogens (tertiary/aromatic N) is 2. The molecule has 148 valence electrons. The average Bonchev–Trinajstić information content (AvgIpc) is 2.66.